The zero-order valence-electron chi connectivity index (χ0n) is 14.2. The van der Waals surface area contributed by atoms with Crippen LogP contribution in [-0.4, -0.2) is 25.9 Å². The molecular weight excluding hydrogens is 388 g/mol. The summed E-state index contributed by atoms with van der Waals surface area (Å²) in [5.74, 6) is -6.14. The van der Waals surface area contributed by atoms with E-state index in [2.05, 4.69) is 6.58 Å². The first-order valence-electron chi connectivity index (χ1n) is 7.99. The highest BCUT2D eigenvalue weighted by molar-refractivity contribution is 7.95. The van der Waals surface area contributed by atoms with Gasteiger partial charge in [0.15, 0.2) is 0 Å². The molecule has 0 spiro atoms. The highest BCUT2D eigenvalue weighted by atomic mass is 32.2. The first kappa shape index (κ1) is 21.2. The van der Waals surface area contributed by atoms with Crippen LogP contribution in [0.4, 0.5) is 17.6 Å². The average molecular weight is 406 g/mol. The maximum Gasteiger partial charge on any atom is 0.340 e. The molecule has 1 N–H and O–H groups in total. The van der Waals surface area contributed by atoms with Crippen molar-refractivity contribution in [1.29, 1.82) is 0 Å². The molecule has 0 saturated heterocycles. The maximum absolute atomic E-state index is 13.3. The summed E-state index contributed by atoms with van der Waals surface area (Å²) in [6, 6.07) is 2.49. The third kappa shape index (κ3) is 5.43. The number of allylic oxidation sites excluding steroid dienone is 4. The zero-order valence-corrected chi connectivity index (χ0v) is 15.0. The normalized spacial score (nSPS) is 22.9. The van der Waals surface area contributed by atoms with Crippen molar-refractivity contribution in [2.75, 3.05) is 6.61 Å². The predicted molar refractivity (Wildman–Crippen MR) is 91.6 cm³/mol. The smallest absolute Gasteiger partial charge is 0.340 e. The van der Waals surface area contributed by atoms with E-state index in [0.717, 1.165) is 24.3 Å². The van der Waals surface area contributed by atoms with Gasteiger partial charge in [-0.25, -0.2) is 17.2 Å². The number of benzene rings is 1. The van der Waals surface area contributed by atoms with E-state index in [0.29, 0.717) is 11.6 Å². The lowest BCUT2D eigenvalue weighted by molar-refractivity contribution is 0.217. The van der Waals surface area contributed by atoms with Crippen molar-refractivity contribution >= 4 is 9.84 Å². The topological polar surface area (TPSA) is 63.6 Å². The second-order valence-corrected chi connectivity index (χ2v) is 8.04. The molecule has 0 fully saturated rings. The summed E-state index contributed by atoms with van der Waals surface area (Å²) in [7, 11) is -4.86. The van der Waals surface area contributed by atoms with Gasteiger partial charge >= 0.3 is 5.76 Å². The number of alkyl halides is 2. The van der Waals surface area contributed by atoms with Gasteiger partial charge in [0, 0.05) is 24.8 Å². The minimum absolute atomic E-state index is 0.0134. The lowest BCUT2D eigenvalue weighted by atomic mass is 9.98. The Morgan fingerprint density at radius 1 is 1.19 bits per heavy atom. The van der Waals surface area contributed by atoms with E-state index >= 15 is 0 Å². The van der Waals surface area contributed by atoms with Crippen LogP contribution in [0.5, 0.6) is 5.75 Å². The van der Waals surface area contributed by atoms with Crippen LogP contribution in [0, 0.1) is 17.6 Å². The van der Waals surface area contributed by atoms with Crippen molar-refractivity contribution in [2.45, 2.75) is 25.0 Å². The van der Waals surface area contributed by atoms with Gasteiger partial charge in [0.25, 0.3) is 0 Å². The fourth-order valence-electron chi connectivity index (χ4n) is 2.54. The van der Waals surface area contributed by atoms with Gasteiger partial charge in [-0.1, -0.05) is 6.58 Å². The van der Waals surface area contributed by atoms with Gasteiger partial charge in [0.05, 0.1) is 4.91 Å². The summed E-state index contributed by atoms with van der Waals surface area (Å²) >= 11 is 0. The number of aliphatic hydroxyl groups excluding tert-OH is 1. The lowest BCUT2D eigenvalue weighted by Gasteiger charge is -2.16. The Labute approximate surface area is 154 Å². The number of rotatable bonds is 5. The van der Waals surface area contributed by atoms with Gasteiger partial charge in [-0.2, -0.15) is 8.78 Å². The molecule has 1 aliphatic rings. The van der Waals surface area contributed by atoms with E-state index in [1.165, 1.54) is 0 Å². The third-order valence-corrected chi connectivity index (χ3v) is 5.54. The van der Waals surface area contributed by atoms with Crippen molar-refractivity contribution in [1.82, 2.24) is 0 Å². The van der Waals surface area contributed by atoms with Crippen LogP contribution < -0.4 is 4.74 Å². The van der Waals surface area contributed by atoms with Gasteiger partial charge in [-0.15, -0.1) is 0 Å². The number of hydrogen-bond acceptors (Lipinski definition) is 4. The molecule has 2 rings (SSSR count). The first-order chi connectivity index (χ1) is 12.6. The van der Waals surface area contributed by atoms with E-state index in [4.69, 9.17) is 4.74 Å². The highest BCUT2D eigenvalue weighted by Gasteiger charge is 2.31. The van der Waals surface area contributed by atoms with Crippen LogP contribution in [0.1, 0.15) is 19.3 Å². The van der Waals surface area contributed by atoms with Gasteiger partial charge < -0.3 is 9.84 Å². The molecule has 27 heavy (non-hydrogen) atoms. The lowest BCUT2D eigenvalue weighted by Crippen LogP contribution is -2.17. The summed E-state index contributed by atoms with van der Waals surface area (Å²) in [6.07, 6.45) is 2.34. The molecule has 0 amide bonds. The summed E-state index contributed by atoms with van der Waals surface area (Å²) in [5.41, 5.74) is 0.366. The Morgan fingerprint density at radius 2 is 1.81 bits per heavy atom. The van der Waals surface area contributed by atoms with Crippen LogP contribution in [-0.2, 0) is 9.84 Å². The number of halogens is 4. The van der Waals surface area contributed by atoms with Crippen molar-refractivity contribution in [3.8, 4) is 5.75 Å². The van der Waals surface area contributed by atoms with E-state index < -0.39 is 44.7 Å². The summed E-state index contributed by atoms with van der Waals surface area (Å²) in [4.78, 5) is -0.558. The molecule has 1 atom stereocenters. The molecule has 1 aliphatic carbocycles. The fraction of sp³-hybridized carbons (Fsp3) is 0.333. The van der Waals surface area contributed by atoms with Crippen LogP contribution in [0.3, 0.4) is 0 Å². The van der Waals surface area contributed by atoms with Crippen LogP contribution in [0.2, 0.25) is 0 Å². The minimum atomic E-state index is -4.86. The maximum atomic E-state index is 13.3. The van der Waals surface area contributed by atoms with Crippen molar-refractivity contribution in [2.24, 2.45) is 5.92 Å². The van der Waals surface area contributed by atoms with Gasteiger partial charge in [-0.05, 0) is 42.9 Å². The molecule has 9 heteroatoms. The average Bonchev–Trinajstić information content (AvgIpc) is 2.65. The molecule has 148 valence electrons. The largest absolute Gasteiger partial charge is 0.457 e. The monoisotopic (exact) mass is 406 g/mol. The second kappa shape index (κ2) is 8.71. The number of ether oxygens (including phenoxy) is 1. The number of hydrogen-bond donors (Lipinski definition) is 1. The summed E-state index contributed by atoms with van der Waals surface area (Å²) in [6.45, 7) is 3.39. The van der Waals surface area contributed by atoms with E-state index in [1.807, 2.05) is 0 Å². The number of aliphatic hydroxyl groups is 1. The Morgan fingerprint density at radius 3 is 2.37 bits per heavy atom. The van der Waals surface area contributed by atoms with Crippen LogP contribution in [0.15, 0.2) is 53.2 Å². The molecule has 1 unspecified atom stereocenters. The predicted octanol–water partition coefficient (Wildman–Crippen LogP) is 4.10. The van der Waals surface area contributed by atoms with Crippen molar-refractivity contribution in [3.63, 3.8) is 0 Å². The molecule has 1 aromatic rings. The Balaban J connectivity index is 2.44. The van der Waals surface area contributed by atoms with Crippen molar-refractivity contribution in [3.05, 3.63) is 64.8 Å². The molecule has 0 saturated carbocycles. The van der Waals surface area contributed by atoms with Crippen molar-refractivity contribution < 1.29 is 35.8 Å². The standard InChI is InChI=1S/C18H18F4O4S/c1-11-2-3-12(10-23)6-16(27(24,25)18(21)22)4-5-17(11)26-15-8-13(19)7-14(20)9-15/h4-5,7-9,12,18,23H,1-3,6,10H2/b16-4+,17-5+. The molecule has 0 bridgehead atoms. The van der Waals surface area contributed by atoms with E-state index in [1.54, 1.807) is 0 Å². The SMILES string of the molecule is C=C1CCC(CO)C/C(S(=O)(=O)C(F)F)=C\C=C/1Oc1cc(F)cc(F)c1. The zero-order chi connectivity index (χ0) is 20.2. The molecule has 0 aliphatic heterocycles. The second-order valence-electron chi connectivity index (χ2n) is 6.07. The summed E-state index contributed by atoms with van der Waals surface area (Å²) < 4.78 is 81.7. The Bertz CT molecular complexity index is 855. The molecule has 4 nitrogen and oxygen atoms in total. The molecule has 0 aromatic heterocycles. The quantitative estimate of drug-likeness (QED) is 0.748. The fourth-order valence-corrected chi connectivity index (χ4v) is 3.50. The van der Waals surface area contributed by atoms with Crippen LogP contribution >= 0.6 is 0 Å². The first-order valence-corrected chi connectivity index (χ1v) is 9.54. The Hall–Kier alpha value is -2.13. The van der Waals surface area contributed by atoms with Crippen LogP contribution in [0.25, 0.3) is 0 Å². The molecule has 0 heterocycles. The third-order valence-electron chi connectivity index (χ3n) is 4.04. The molecule has 1 aromatic carbocycles. The molecule has 0 radical (unpaired) electrons. The minimum Gasteiger partial charge on any atom is -0.457 e. The number of sulfone groups is 1. The van der Waals surface area contributed by atoms with E-state index in [9.17, 15) is 31.1 Å². The van der Waals surface area contributed by atoms with Gasteiger partial charge in [0.2, 0.25) is 9.84 Å². The molecular formula is C18H18F4O4S. The highest BCUT2D eigenvalue weighted by Crippen LogP contribution is 2.31. The van der Waals surface area contributed by atoms with Gasteiger partial charge in [0.1, 0.15) is 23.1 Å². The Kier molecular flexibility index (Phi) is 6.83. The van der Waals surface area contributed by atoms with E-state index in [-0.39, 0.29) is 30.8 Å². The van der Waals surface area contributed by atoms with Gasteiger partial charge in [-0.3, -0.25) is 0 Å². The summed E-state index contributed by atoms with van der Waals surface area (Å²) in [5, 5.41) is 9.40.